The van der Waals surface area contributed by atoms with Crippen molar-refractivity contribution in [1.82, 2.24) is 20.0 Å². The highest BCUT2D eigenvalue weighted by Crippen LogP contribution is 2.35. The maximum absolute atomic E-state index is 12.8. The molecule has 126 valence electrons. The van der Waals surface area contributed by atoms with Crippen LogP contribution >= 0.6 is 11.6 Å². The van der Waals surface area contributed by atoms with Crippen LogP contribution < -0.4 is 0 Å². The second-order valence-corrected chi connectivity index (χ2v) is 5.64. The Labute approximate surface area is 143 Å². The third-order valence-corrected chi connectivity index (χ3v) is 3.86. The Bertz CT molecular complexity index is 1070. The van der Waals surface area contributed by atoms with Gasteiger partial charge in [0.25, 0.3) is 0 Å². The van der Waals surface area contributed by atoms with E-state index in [0.29, 0.717) is 32.9 Å². The molecule has 9 heteroatoms. The van der Waals surface area contributed by atoms with Gasteiger partial charge in [0.1, 0.15) is 5.52 Å². The summed E-state index contributed by atoms with van der Waals surface area (Å²) in [4.78, 5) is 4.18. The zero-order valence-corrected chi connectivity index (χ0v) is 13.1. The van der Waals surface area contributed by atoms with Crippen molar-refractivity contribution in [2.45, 2.75) is 6.18 Å². The molecule has 0 unspecified atom stereocenters. The van der Waals surface area contributed by atoms with Crippen molar-refractivity contribution in [3.05, 3.63) is 59.7 Å². The molecule has 5 nitrogen and oxygen atoms in total. The molecular weight excluding hydrogens is 357 g/mol. The number of benzene rings is 1. The van der Waals surface area contributed by atoms with E-state index in [1.165, 1.54) is 6.26 Å². The quantitative estimate of drug-likeness (QED) is 0.515. The van der Waals surface area contributed by atoms with E-state index in [2.05, 4.69) is 15.3 Å². The van der Waals surface area contributed by atoms with E-state index in [4.69, 9.17) is 16.0 Å². The van der Waals surface area contributed by atoms with Crippen molar-refractivity contribution in [3.63, 3.8) is 0 Å². The highest BCUT2D eigenvalue weighted by atomic mass is 35.5. The van der Waals surface area contributed by atoms with E-state index >= 15 is 0 Å². The highest BCUT2D eigenvalue weighted by molar-refractivity contribution is 6.31. The van der Waals surface area contributed by atoms with Crippen LogP contribution in [0.25, 0.3) is 27.9 Å². The van der Waals surface area contributed by atoms with Gasteiger partial charge in [0.05, 0.1) is 18.1 Å². The van der Waals surface area contributed by atoms with Crippen LogP contribution in [0.3, 0.4) is 0 Å². The molecule has 25 heavy (non-hydrogen) atoms. The summed E-state index contributed by atoms with van der Waals surface area (Å²) in [5.74, 6) is 0. The molecular formula is C16H8ClF3N4O. The molecule has 0 bridgehead atoms. The van der Waals surface area contributed by atoms with Crippen LogP contribution in [-0.2, 0) is 6.18 Å². The normalized spacial score (nSPS) is 12.0. The summed E-state index contributed by atoms with van der Waals surface area (Å²) in [7, 11) is 0. The maximum Gasteiger partial charge on any atom is 0.436 e. The largest absolute Gasteiger partial charge is 0.462 e. The molecule has 0 aliphatic heterocycles. The summed E-state index contributed by atoms with van der Waals surface area (Å²) >= 11 is 6.09. The van der Waals surface area contributed by atoms with E-state index in [0.717, 1.165) is 10.9 Å². The van der Waals surface area contributed by atoms with Gasteiger partial charge in [-0.3, -0.25) is 4.98 Å². The molecule has 0 amide bonds. The first-order valence-corrected chi connectivity index (χ1v) is 7.43. The standard InChI is InChI=1S/C16H8ClF3N4O/c17-9-1-2-13(24-8-14(22-23-24)16(18,19)20)11(7-9)10-3-5-21-12-4-6-25-15(10)12/h1-8H. The van der Waals surface area contributed by atoms with E-state index in [1.54, 1.807) is 36.5 Å². The lowest BCUT2D eigenvalue weighted by Crippen LogP contribution is -2.05. The van der Waals surface area contributed by atoms with Crippen LogP contribution in [-0.4, -0.2) is 20.0 Å². The van der Waals surface area contributed by atoms with Crippen molar-refractivity contribution in [2.75, 3.05) is 0 Å². The zero-order chi connectivity index (χ0) is 17.6. The number of rotatable bonds is 2. The molecule has 0 fully saturated rings. The fourth-order valence-corrected chi connectivity index (χ4v) is 2.69. The van der Waals surface area contributed by atoms with Crippen LogP contribution in [0.4, 0.5) is 13.2 Å². The minimum Gasteiger partial charge on any atom is -0.462 e. The fourth-order valence-electron chi connectivity index (χ4n) is 2.52. The number of fused-ring (bicyclic) bond motifs is 1. The Morgan fingerprint density at radius 2 is 1.92 bits per heavy atom. The Morgan fingerprint density at radius 3 is 2.68 bits per heavy atom. The smallest absolute Gasteiger partial charge is 0.436 e. The van der Waals surface area contributed by atoms with Crippen molar-refractivity contribution >= 4 is 22.7 Å². The van der Waals surface area contributed by atoms with Crippen molar-refractivity contribution < 1.29 is 17.6 Å². The minimum absolute atomic E-state index is 0.385. The Balaban J connectivity index is 1.94. The summed E-state index contributed by atoms with van der Waals surface area (Å²) in [5, 5.41) is 7.21. The lowest BCUT2D eigenvalue weighted by Gasteiger charge is -2.10. The Morgan fingerprint density at radius 1 is 1.08 bits per heavy atom. The van der Waals surface area contributed by atoms with Gasteiger partial charge in [0.2, 0.25) is 0 Å². The third kappa shape index (κ3) is 2.74. The number of pyridine rings is 1. The van der Waals surface area contributed by atoms with Crippen LogP contribution in [0.15, 0.2) is 53.4 Å². The average molecular weight is 365 g/mol. The van der Waals surface area contributed by atoms with Crippen LogP contribution in [0.1, 0.15) is 5.69 Å². The summed E-state index contributed by atoms with van der Waals surface area (Å²) in [6.45, 7) is 0. The maximum atomic E-state index is 12.8. The predicted molar refractivity (Wildman–Crippen MR) is 84.4 cm³/mol. The molecule has 1 aromatic carbocycles. The first-order valence-electron chi connectivity index (χ1n) is 7.05. The van der Waals surface area contributed by atoms with Gasteiger partial charge in [-0.2, -0.15) is 13.2 Å². The number of furan rings is 1. The molecule has 4 aromatic rings. The SMILES string of the molecule is FC(F)(F)c1cn(-c2ccc(Cl)cc2-c2ccnc3ccoc23)nn1. The number of aromatic nitrogens is 4. The van der Waals surface area contributed by atoms with Gasteiger partial charge in [-0.05, 0) is 24.3 Å². The Hall–Kier alpha value is -2.87. The first-order chi connectivity index (χ1) is 11.9. The zero-order valence-electron chi connectivity index (χ0n) is 12.3. The molecule has 3 aromatic heterocycles. The summed E-state index contributed by atoms with van der Waals surface area (Å²) in [6, 6.07) is 8.16. The van der Waals surface area contributed by atoms with Crippen LogP contribution in [0.2, 0.25) is 5.02 Å². The number of hydrogen-bond donors (Lipinski definition) is 0. The van der Waals surface area contributed by atoms with E-state index in [1.807, 2.05) is 0 Å². The summed E-state index contributed by atoms with van der Waals surface area (Å²) < 4.78 is 45.0. The van der Waals surface area contributed by atoms with Crippen LogP contribution in [0.5, 0.6) is 0 Å². The van der Waals surface area contributed by atoms with Gasteiger partial charge in [-0.15, -0.1) is 5.10 Å². The molecule has 0 spiro atoms. The lowest BCUT2D eigenvalue weighted by atomic mass is 10.0. The van der Waals surface area contributed by atoms with Crippen molar-refractivity contribution in [1.29, 1.82) is 0 Å². The molecule has 0 saturated carbocycles. The molecule has 3 heterocycles. The van der Waals surface area contributed by atoms with Crippen molar-refractivity contribution in [3.8, 4) is 16.8 Å². The topological polar surface area (TPSA) is 56.7 Å². The number of nitrogens with zero attached hydrogens (tertiary/aromatic N) is 4. The van der Waals surface area contributed by atoms with Crippen molar-refractivity contribution in [2.24, 2.45) is 0 Å². The Kier molecular flexibility index (Phi) is 3.50. The molecule has 0 radical (unpaired) electrons. The van der Waals surface area contributed by atoms with Gasteiger partial charge in [0.15, 0.2) is 11.3 Å². The number of hydrogen-bond acceptors (Lipinski definition) is 4. The molecule has 0 saturated heterocycles. The van der Waals surface area contributed by atoms with Gasteiger partial charge in [0, 0.05) is 28.4 Å². The van der Waals surface area contributed by atoms with Gasteiger partial charge in [-0.1, -0.05) is 16.8 Å². The molecule has 0 aliphatic carbocycles. The first kappa shape index (κ1) is 15.6. The third-order valence-electron chi connectivity index (χ3n) is 3.62. The monoisotopic (exact) mass is 364 g/mol. The second-order valence-electron chi connectivity index (χ2n) is 5.20. The lowest BCUT2D eigenvalue weighted by molar-refractivity contribution is -0.141. The second kappa shape index (κ2) is 5.59. The minimum atomic E-state index is -4.57. The van der Waals surface area contributed by atoms with Gasteiger partial charge >= 0.3 is 6.18 Å². The molecule has 0 atom stereocenters. The predicted octanol–water partition coefficient (Wildman–Crippen LogP) is 4.75. The molecule has 0 N–H and O–H groups in total. The van der Waals surface area contributed by atoms with Crippen LogP contribution in [0, 0.1) is 0 Å². The van der Waals surface area contributed by atoms with Gasteiger partial charge in [-0.25, -0.2) is 4.68 Å². The van der Waals surface area contributed by atoms with Gasteiger partial charge < -0.3 is 4.42 Å². The fraction of sp³-hybridized carbons (Fsp3) is 0.0625. The van der Waals surface area contributed by atoms with E-state index < -0.39 is 11.9 Å². The van der Waals surface area contributed by atoms with E-state index in [-0.39, 0.29) is 0 Å². The summed E-state index contributed by atoms with van der Waals surface area (Å²) in [5.41, 5.74) is 1.62. The molecule has 4 rings (SSSR count). The number of halogens is 4. The molecule has 0 aliphatic rings. The summed E-state index contributed by atoms with van der Waals surface area (Å²) in [6.07, 6.45) is -0.675. The van der Waals surface area contributed by atoms with E-state index in [9.17, 15) is 13.2 Å². The number of alkyl halides is 3. The highest BCUT2D eigenvalue weighted by Gasteiger charge is 2.34. The average Bonchev–Trinajstić information content (AvgIpc) is 3.23.